The monoisotopic (exact) mass is 369 g/mol. The standard InChI is InChI=1S/C27H31N/c1-18(2)19(3)20-12-14-25-23(16-20)24-17-21(27(4,5)6)13-15-26(24)28(25)22-10-8-7-9-11-22/h7-19H,1-6H3. The fraction of sp³-hybridized carbons (Fsp3) is 0.333. The van der Waals surface area contributed by atoms with E-state index in [1.807, 2.05) is 0 Å². The second kappa shape index (κ2) is 6.81. The first-order valence-corrected chi connectivity index (χ1v) is 10.4. The largest absolute Gasteiger partial charge is 0.309 e. The van der Waals surface area contributed by atoms with Gasteiger partial charge in [-0.1, -0.05) is 71.9 Å². The van der Waals surface area contributed by atoms with Gasteiger partial charge in [0.2, 0.25) is 0 Å². The van der Waals surface area contributed by atoms with E-state index in [0.29, 0.717) is 11.8 Å². The molecule has 0 aliphatic carbocycles. The summed E-state index contributed by atoms with van der Waals surface area (Å²) in [5.41, 5.74) is 6.73. The SMILES string of the molecule is CC(C)C(C)c1ccc2c(c1)c1cc(C(C)(C)C)ccc1n2-c1ccccc1. The van der Waals surface area contributed by atoms with Crippen molar-refractivity contribution < 1.29 is 0 Å². The van der Waals surface area contributed by atoms with Crippen LogP contribution in [0.2, 0.25) is 0 Å². The lowest BCUT2D eigenvalue weighted by Gasteiger charge is -2.19. The first-order chi connectivity index (χ1) is 13.3. The summed E-state index contributed by atoms with van der Waals surface area (Å²) in [6.45, 7) is 13.8. The maximum Gasteiger partial charge on any atom is 0.0541 e. The topological polar surface area (TPSA) is 4.93 Å². The van der Waals surface area contributed by atoms with Crippen LogP contribution >= 0.6 is 0 Å². The maximum atomic E-state index is 2.42. The van der Waals surface area contributed by atoms with Gasteiger partial charge in [-0.3, -0.25) is 0 Å². The van der Waals surface area contributed by atoms with E-state index in [9.17, 15) is 0 Å². The smallest absolute Gasteiger partial charge is 0.0541 e. The highest BCUT2D eigenvalue weighted by Crippen LogP contribution is 2.37. The average Bonchev–Trinajstić information content (AvgIpc) is 3.00. The molecule has 0 bridgehead atoms. The van der Waals surface area contributed by atoms with Crippen LogP contribution in [0.15, 0.2) is 66.7 Å². The Hall–Kier alpha value is -2.54. The molecule has 144 valence electrons. The summed E-state index contributed by atoms with van der Waals surface area (Å²) in [6, 6.07) is 24.8. The number of hydrogen-bond donors (Lipinski definition) is 0. The zero-order valence-electron chi connectivity index (χ0n) is 18.0. The Balaban J connectivity index is 2.08. The van der Waals surface area contributed by atoms with Crippen molar-refractivity contribution in [1.29, 1.82) is 0 Å². The highest BCUT2D eigenvalue weighted by molar-refractivity contribution is 6.09. The van der Waals surface area contributed by atoms with E-state index in [2.05, 4.69) is 113 Å². The molecule has 0 amide bonds. The second-order valence-corrected chi connectivity index (χ2v) is 9.46. The molecule has 0 spiro atoms. The molecule has 1 unspecified atom stereocenters. The van der Waals surface area contributed by atoms with E-state index in [0.717, 1.165) is 0 Å². The van der Waals surface area contributed by atoms with Crippen molar-refractivity contribution >= 4 is 21.8 Å². The van der Waals surface area contributed by atoms with Crippen molar-refractivity contribution in [3.05, 3.63) is 77.9 Å². The van der Waals surface area contributed by atoms with Gasteiger partial charge in [0.05, 0.1) is 11.0 Å². The molecule has 0 saturated heterocycles. The summed E-state index contributed by atoms with van der Waals surface area (Å²) in [5.74, 6) is 1.18. The van der Waals surface area contributed by atoms with Gasteiger partial charge in [-0.05, 0) is 64.8 Å². The summed E-state index contributed by atoms with van der Waals surface area (Å²) in [4.78, 5) is 0. The number of aromatic nitrogens is 1. The van der Waals surface area contributed by atoms with Crippen molar-refractivity contribution in [3.63, 3.8) is 0 Å². The Morgan fingerprint density at radius 2 is 1.32 bits per heavy atom. The summed E-state index contributed by atoms with van der Waals surface area (Å²) < 4.78 is 2.40. The second-order valence-electron chi connectivity index (χ2n) is 9.46. The van der Waals surface area contributed by atoms with Crippen molar-refractivity contribution in [1.82, 2.24) is 4.57 Å². The molecule has 1 atom stereocenters. The third kappa shape index (κ3) is 3.13. The molecule has 0 aliphatic heterocycles. The van der Waals surface area contributed by atoms with Crippen LogP contribution in [0.1, 0.15) is 58.6 Å². The van der Waals surface area contributed by atoms with Crippen LogP contribution in [-0.2, 0) is 5.41 Å². The first-order valence-electron chi connectivity index (χ1n) is 10.4. The molecule has 1 nitrogen and oxygen atoms in total. The minimum atomic E-state index is 0.137. The molecule has 4 rings (SSSR count). The Morgan fingerprint density at radius 3 is 1.93 bits per heavy atom. The van der Waals surface area contributed by atoms with Crippen molar-refractivity contribution in [2.24, 2.45) is 5.92 Å². The summed E-state index contributed by atoms with van der Waals surface area (Å²) in [5, 5.41) is 2.71. The van der Waals surface area contributed by atoms with E-state index >= 15 is 0 Å². The molecule has 0 N–H and O–H groups in total. The van der Waals surface area contributed by atoms with Gasteiger partial charge < -0.3 is 4.57 Å². The zero-order chi connectivity index (χ0) is 20.1. The number of para-hydroxylation sites is 1. The maximum absolute atomic E-state index is 2.42. The number of rotatable bonds is 3. The highest BCUT2D eigenvalue weighted by Gasteiger charge is 2.19. The van der Waals surface area contributed by atoms with E-state index in [-0.39, 0.29) is 5.41 Å². The highest BCUT2D eigenvalue weighted by atomic mass is 15.0. The molecule has 1 heteroatoms. The van der Waals surface area contributed by atoms with Gasteiger partial charge in [0, 0.05) is 16.5 Å². The van der Waals surface area contributed by atoms with Crippen LogP contribution in [0.3, 0.4) is 0 Å². The fourth-order valence-corrected chi connectivity index (χ4v) is 4.03. The number of hydrogen-bond acceptors (Lipinski definition) is 0. The van der Waals surface area contributed by atoms with Crippen molar-refractivity contribution in [2.75, 3.05) is 0 Å². The summed E-state index contributed by atoms with van der Waals surface area (Å²) >= 11 is 0. The molecule has 1 heterocycles. The van der Waals surface area contributed by atoms with E-state index in [1.54, 1.807) is 0 Å². The minimum absolute atomic E-state index is 0.137. The van der Waals surface area contributed by atoms with Gasteiger partial charge in [-0.25, -0.2) is 0 Å². The predicted octanol–water partition coefficient (Wildman–Crippen LogP) is 7.84. The Labute approximate surface area is 169 Å². The van der Waals surface area contributed by atoms with Crippen molar-refractivity contribution in [3.8, 4) is 5.69 Å². The quantitative estimate of drug-likeness (QED) is 0.346. The lowest BCUT2D eigenvalue weighted by molar-refractivity contribution is 0.535. The molecule has 28 heavy (non-hydrogen) atoms. The van der Waals surface area contributed by atoms with Crippen LogP contribution < -0.4 is 0 Å². The van der Waals surface area contributed by atoms with Gasteiger partial charge >= 0.3 is 0 Å². The molecular formula is C27H31N. The Kier molecular flexibility index (Phi) is 4.57. The molecular weight excluding hydrogens is 338 g/mol. The Bertz CT molecular complexity index is 1120. The van der Waals surface area contributed by atoms with Crippen LogP contribution in [0.4, 0.5) is 0 Å². The van der Waals surface area contributed by atoms with Gasteiger partial charge in [-0.2, -0.15) is 0 Å². The van der Waals surface area contributed by atoms with E-state index in [4.69, 9.17) is 0 Å². The summed E-state index contributed by atoms with van der Waals surface area (Å²) in [7, 11) is 0. The van der Waals surface area contributed by atoms with Crippen molar-refractivity contribution in [2.45, 2.75) is 52.9 Å². The third-order valence-electron chi connectivity index (χ3n) is 6.20. The number of benzene rings is 3. The normalized spacial score (nSPS) is 13.5. The molecule has 3 aromatic carbocycles. The molecule has 0 radical (unpaired) electrons. The molecule has 0 saturated carbocycles. The van der Waals surface area contributed by atoms with E-state index in [1.165, 1.54) is 38.6 Å². The van der Waals surface area contributed by atoms with Gasteiger partial charge in [-0.15, -0.1) is 0 Å². The van der Waals surface area contributed by atoms with Crippen LogP contribution in [-0.4, -0.2) is 4.57 Å². The predicted molar refractivity (Wildman–Crippen MR) is 123 cm³/mol. The van der Waals surface area contributed by atoms with Crippen LogP contribution in [0.25, 0.3) is 27.5 Å². The molecule has 0 aliphatic rings. The van der Waals surface area contributed by atoms with Crippen LogP contribution in [0, 0.1) is 5.92 Å². The Morgan fingerprint density at radius 1 is 0.714 bits per heavy atom. The summed E-state index contributed by atoms with van der Waals surface area (Å²) in [6.07, 6.45) is 0. The molecule has 4 aromatic rings. The molecule has 0 fully saturated rings. The van der Waals surface area contributed by atoms with Gasteiger partial charge in [0.25, 0.3) is 0 Å². The fourth-order valence-electron chi connectivity index (χ4n) is 4.03. The number of fused-ring (bicyclic) bond motifs is 3. The van der Waals surface area contributed by atoms with Gasteiger partial charge in [0.15, 0.2) is 0 Å². The van der Waals surface area contributed by atoms with Gasteiger partial charge in [0.1, 0.15) is 0 Å². The third-order valence-corrected chi connectivity index (χ3v) is 6.20. The lowest BCUT2D eigenvalue weighted by Crippen LogP contribution is -2.10. The van der Waals surface area contributed by atoms with E-state index < -0.39 is 0 Å². The molecule has 1 aromatic heterocycles. The zero-order valence-corrected chi connectivity index (χ0v) is 18.0. The average molecular weight is 370 g/mol. The lowest BCUT2D eigenvalue weighted by atomic mass is 9.86. The van der Waals surface area contributed by atoms with Crippen LogP contribution in [0.5, 0.6) is 0 Å². The first kappa shape index (κ1) is 18.8. The number of nitrogens with zero attached hydrogens (tertiary/aromatic N) is 1. The minimum Gasteiger partial charge on any atom is -0.309 e.